The van der Waals surface area contributed by atoms with Crippen molar-refractivity contribution in [2.45, 2.75) is 341 Å². The van der Waals surface area contributed by atoms with Gasteiger partial charge in [0.1, 0.15) is 13.2 Å². The van der Waals surface area contributed by atoms with E-state index >= 15 is 0 Å². The van der Waals surface area contributed by atoms with Crippen molar-refractivity contribution in [1.29, 1.82) is 0 Å². The zero-order chi connectivity index (χ0) is 56.4. The normalized spacial score (nSPS) is 12.6. The third kappa shape index (κ3) is 63.4. The van der Waals surface area contributed by atoms with Crippen LogP contribution in [0.5, 0.6) is 0 Å². The summed E-state index contributed by atoms with van der Waals surface area (Å²) in [5.41, 5.74) is 0. The zero-order valence-corrected chi connectivity index (χ0v) is 51.7. The smallest absolute Gasteiger partial charge is 0.306 e. The number of unbranched alkanes of at least 4 members (excludes halogenated alkanes) is 36. The number of esters is 3. The van der Waals surface area contributed by atoms with Crippen LogP contribution in [-0.2, 0) is 28.6 Å². The van der Waals surface area contributed by atoms with Gasteiger partial charge in [-0.2, -0.15) is 0 Å². The zero-order valence-electron chi connectivity index (χ0n) is 51.7. The molecule has 6 heteroatoms. The Morgan fingerprint density at radius 1 is 0.269 bits per heavy atom. The highest BCUT2D eigenvalue weighted by atomic mass is 16.6. The molecule has 0 rings (SSSR count). The average Bonchev–Trinajstić information content (AvgIpc) is 3.44. The third-order valence-electron chi connectivity index (χ3n) is 14.6. The fourth-order valence-electron chi connectivity index (χ4n) is 9.62. The molecule has 0 aliphatic rings. The first-order valence-electron chi connectivity index (χ1n) is 33.6. The minimum absolute atomic E-state index is 0.0800. The highest BCUT2D eigenvalue weighted by Gasteiger charge is 2.19. The minimum Gasteiger partial charge on any atom is -0.462 e. The van der Waals surface area contributed by atoms with E-state index in [0.717, 1.165) is 109 Å². The Labute approximate surface area is 484 Å². The lowest BCUT2D eigenvalue weighted by molar-refractivity contribution is -0.167. The topological polar surface area (TPSA) is 78.9 Å². The van der Waals surface area contributed by atoms with Crippen molar-refractivity contribution in [1.82, 2.24) is 0 Å². The summed E-state index contributed by atoms with van der Waals surface area (Å²) in [4.78, 5) is 38.4. The predicted molar refractivity (Wildman–Crippen MR) is 339 cm³/mol. The number of ether oxygens (including phenoxy) is 3. The summed E-state index contributed by atoms with van der Waals surface area (Å²) < 4.78 is 17.0. The molecule has 0 bridgehead atoms. The van der Waals surface area contributed by atoms with Gasteiger partial charge in [-0.1, -0.05) is 305 Å². The van der Waals surface area contributed by atoms with Crippen molar-refractivity contribution >= 4 is 17.9 Å². The van der Waals surface area contributed by atoms with Gasteiger partial charge < -0.3 is 14.2 Å². The first-order valence-corrected chi connectivity index (χ1v) is 33.6. The Hall–Kier alpha value is -3.41. The monoisotopic (exact) mass is 1090 g/mol. The number of hydrogen-bond acceptors (Lipinski definition) is 6. The van der Waals surface area contributed by atoms with Crippen molar-refractivity contribution in [2.24, 2.45) is 0 Å². The Morgan fingerprint density at radius 3 is 0.782 bits per heavy atom. The van der Waals surface area contributed by atoms with Gasteiger partial charge in [0.2, 0.25) is 0 Å². The van der Waals surface area contributed by atoms with Gasteiger partial charge in [-0.3, -0.25) is 14.4 Å². The lowest BCUT2D eigenvalue weighted by Crippen LogP contribution is -2.30. The van der Waals surface area contributed by atoms with Crippen molar-refractivity contribution in [3.63, 3.8) is 0 Å². The van der Waals surface area contributed by atoms with E-state index in [4.69, 9.17) is 14.2 Å². The molecule has 78 heavy (non-hydrogen) atoms. The summed E-state index contributed by atoms with van der Waals surface area (Å²) in [6.07, 6.45) is 87.3. The molecule has 0 saturated carbocycles. The molecule has 0 N–H and O–H groups in total. The molecule has 0 saturated heterocycles. The summed E-state index contributed by atoms with van der Waals surface area (Å²) in [5, 5.41) is 0. The number of allylic oxidation sites excluding steroid dienone is 14. The molecule has 0 fully saturated rings. The molecule has 0 aliphatic carbocycles. The maximum Gasteiger partial charge on any atom is 0.306 e. The van der Waals surface area contributed by atoms with Crippen LogP contribution in [0, 0.1) is 0 Å². The molecule has 450 valence electrons. The molecule has 0 amide bonds. The number of carbonyl (C=O) groups excluding carboxylic acids is 3. The Morgan fingerprint density at radius 2 is 0.500 bits per heavy atom. The minimum atomic E-state index is -0.786. The van der Waals surface area contributed by atoms with Crippen molar-refractivity contribution in [3.8, 4) is 0 Å². The van der Waals surface area contributed by atoms with Gasteiger partial charge in [0, 0.05) is 19.3 Å². The molecular weight excluding hydrogens is 961 g/mol. The van der Waals surface area contributed by atoms with Crippen molar-refractivity contribution in [2.75, 3.05) is 13.2 Å². The first kappa shape index (κ1) is 74.6. The van der Waals surface area contributed by atoms with Gasteiger partial charge in [-0.15, -0.1) is 0 Å². The lowest BCUT2D eigenvalue weighted by atomic mass is 10.0. The second-order valence-corrected chi connectivity index (χ2v) is 22.4. The van der Waals surface area contributed by atoms with Crippen LogP contribution < -0.4 is 0 Å². The number of carbonyl (C=O) groups is 3. The molecular formula is C72H126O6. The molecule has 1 atom stereocenters. The van der Waals surface area contributed by atoms with E-state index in [9.17, 15) is 14.4 Å². The van der Waals surface area contributed by atoms with Crippen LogP contribution in [0.15, 0.2) is 85.1 Å². The van der Waals surface area contributed by atoms with Gasteiger partial charge in [0.15, 0.2) is 6.10 Å². The van der Waals surface area contributed by atoms with Crippen LogP contribution >= 0.6 is 0 Å². The summed E-state index contributed by atoms with van der Waals surface area (Å²) >= 11 is 0. The highest BCUT2D eigenvalue weighted by molar-refractivity contribution is 5.71. The molecule has 0 heterocycles. The van der Waals surface area contributed by atoms with E-state index in [1.807, 2.05) is 0 Å². The largest absolute Gasteiger partial charge is 0.462 e. The van der Waals surface area contributed by atoms with Crippen LogP contribution in [0.2, 0.25) is 0 Å². The SMILES string of the molecule is CC/C=C\C/C=C\C/C=C\C/C=C\CCCCCCCCCCCCC(=O)OCC(COC(=O)CCCCCCCCCCCCCCCCCC)OC(=O)CCCCCCCC/C=C\C/C=C\C/C=C\CCCCCCC. The van der Waals surface area contributed by atoms with Crippen LogP contribution in [0.1, 0.15) is 335 Å². The summed E-state index contributed by atoms with van der Waals surface area (Å²) in [6, 6.07) is 0. The van der Waals surface area contributed by atoms with Gasteiger partial charge in [0.25, 0.3) is 0 Å². The molecule has 0 aromatic carbocycles. The van der Waals surface area contributed by atoms with Crippen LogP contribution in [0.3, 0.4) is 0 Å². The highest BCUT2D eigenvalue weighted by Crippen LogP contribution is 2.17. The molecule has 0 aromatic heterocycles. The van der Waals surface area contributed by atoms with Gasteiger partial charge in [-0.05, 0) is 96.3 Å². The number of rotatable bonds is 61. The second-order valence-electron chi connectivity index (χ2n) is 22.4. The van der Waals surface area contributed by atoms with Crippen molar-refractivity contribution in [3.05, 3.63) is 85.1 Å². The van der Waals surface area contributed by atoms with E-state index in [2.05, 4.69) is 106 Å². The van der Waals surface area contributed by atoms with E-state index in [1.165, 1.54) is 186 Å². The third-order valence-corrected chi connectivity index (χ3v) is 14.6. The second kappa shape index (κ2) is 66.1. The van der Waals surface area contributed by atoms with E-state index < -0.39 is 6.10 Å². The van der Waals surface area contributed by atoms with Crippen LogP contribution in [0.4, 0.5) is 0 Å². The Balaban J connectivity index is 4.38. The first-order chi connectivity index (χ1) is 38.5. The predicted octanol–water partition coefficient (Wildman–Crippen LogP) is 23.1. The summed E-state index contributed by atoms with van der Waals surface area (Å²) in [5.74, 6) is -0.880. The molecule has 0 spiro atoms. The number of hydrogen-bond donors (Lipinski definition) is 0. The Kier molecular flexibility index (Phi) is 63.2. The van der Waals surface area contributed by atoms with Crippen LogP contribution in [0.25, 0.3) is 0 Å². The average molecular weight is 1090 g/mol. The lowest BCUT2D eigenvalue weighted by Gasteiger charge is -2.18. The molecule has 1 unspecified atom stereocenters. The summed E-state index contributed by atoms with van der Waals surface area (Å²) in [6.45, 7) is 6.55. The quantitative estimate of drug-likeness (QED) is 0.0261. The molecule has 6 nitrogen and oxygen atoms in total. The van der Waals surface area contributed by atoms with Crippen LogP contribution in [-0.4, -0.2) is 37.2 Å². The van der Waals surface area contributed by atoms with Gasteiger partial charge in [0.05, 0.1) is 0 Å². The van der Waals surface area contributed by atoms with Gasteiger partial charge >= 0.3 is 17.9 Å². The maximum atomic E-state index is 12.9. The van der Waals surface area contributed by atoms with Gasteiger partial charge in [-0.25, -0.2) is 0 Å². The van der Waals surface area contributed by atoms with E-state index in [-0.39, 0.29) is 31.1 Å². The maximum absolute atomic E-state index is 12.9. The molecule has 0 radical (unpaired) electrons. The molecule has 0 aliphatic heterocycles. The van der Waals surface area contributed by atoms with Crippen molar-refractivity contribution < 1.29 is 28.6 Å². The standard InChI is InChI=1S/C72H126O6/c1-4-7-10-13-16-19-22-25-28-31-33-35-36-38-39-41-44-47-50-53-56-59-62-65-71(74)77-68-69(67-76-70(73)64-61-58-55-52-49-46-43-30-27-24-21-18-15-12-9-6-3)78-72(75)66-63-60-57-54-51-48-45-42-40-37-34-32-29-26-23-20-17-14-11-8-5-2/h7,10,16,19,23,25-26,28,32-35,40,42,69H,4-6,8-9,11-15,17-18,20-22,24,27,29-31,36-39,41,43-68H2,1-3H3/b10-7-,19-16-,26-23-,28-25-,34-32-,35-33-,42-40-. The Bertz CT molecular complexity index is 1480. The fourth-order valence-corrected chi connectivity index (χ4v) is 9.62. The molecule has 0 aromatic rings. The van der Waals surface area contributed by atoms with E-state index in [0.29, 0.717) is 19.3 Å². The fraction of sp³-hybridized carbons (Fsp3) is 0.764. The summed E-state index contributed by atoms with van der Waals surface area (Å²) in [7, 11) is 0. The van der Waals surface area contributed by atoms with E-state index in [1.54, 1.807) is 0 Å².